The Morgan fingerprint density at radius 1 is 0.852 bits per heavy atom. The molecule has 136 valence electrons. The first-order valence-corrected chi connectivity index (χ1v) is 8.41. The molecule has 0 fully saturated rings. The molecule has 1 atom stereocenters. The number of esters is 2. The van der Waals surface area contributed by atoms with Gasteiger partial charge in [-0.1, -0.05) is 48.5 Å². The maximum Gasteiger partial charge on any atom is 0.343 e. The first kappa shape index (κ1) is 18.2. The van der Waals surface area contributed by atoms with Crippen LogP contribution in [0.2, 0.25) is 0 Å². The largest absolute Gasteiger partial charge is 0.508 e. The zero-order valence-electron chi connectivity index (χ0n) is 14.7. The van der Waals surface area contributed by atoms with Crippen LogP contribution in [0.3, 0.4) is 0 Å². The van der Waals surface area contributed by atoms with Crippen LogP contribution in [0, 0.1) is 0 Å². The summed E-state index contributed by atoms with van der Waals surface area (Å²) < 4.78 is 10.8. The molecule has 0 bridgehead atoms. The zero-order valence-corrected chi connectivity index (χ0v) is 14.7. The molecule has 3 rings (SSSR count). The summed E-state index contributed by atoms with van der Waals surface area (Å²) in [6.07, 6.45) is -0.481. The van der Waals surface area contributed by atoms with E-state index < -0.39 is 18.0 Å². The van der Waals surface area contributed by atoms with E-state index in [4.69, 9.17) is 9.47 Å². The van der Waals surface area contributed by atoms with Gasteiger partial charge in [-0.2, -0.15) is 0 Å². The lowest BCUT2D eigenvalue weighted by atomic mass is 10.1. The average Bonchev–Trinajstić information content (AvgIpc) is 2.69. The number of phenols is 1. The van der Waals surface area contributed by atoms with Crippen molar-refractivity contribution in [2.24, 2.45) is 0 Å². The number of rotatable bonds is 5. The Hall–Kier alpha value is -3.60. The maximum atomic E-state index is 12.6. The Labute approximate surface area is 156 Å². The molecule has 0 aliphatic heterocycles. The van der Waals surface area contributed by atoms with Crippen LogP contribution in [0.25, 0.3) is 0 Å². The fraction of sp³-hybridized carbons (Fsp3) is 0.0909. The molecule has 0 heterocycles. The fourth-order valence-electron chi connectivity index (χ4n) is 2.51. The van der Waals surface area contributed by atoms with Gasteiger partial charge in [0, 0.05) is 6.07 Å². The van der Waals surface area contributed by atoms with E-state index in [2.05, 4.69) is 0 Å². The molecule has 3 aromatic rings. The second-order valence-electron chi connectivity index (χ2n) is 5.89. The normalized spacial score (nSPS) is 11.4. The SMILES string of the molecule is CC(OC(=O)c1ccc(O)cc1OC(=O)c1ccccc1)c1ccccc1. The highest BCUT2D eigenvalue weighted by Gasteiger charge is 2.20. The molecular weight excluding hydrogens is 344 g/mol. The molecule has 27 heavy (non-hydrogen) atoms. The molecule has 1 unspecified atom stereocenters. The summed E-state index contributed by atoms with van der Waals surface area (Å²) in [7, 11) is 0. The number of benzene rings is 3. The predicted molar refractivity (Wildman–Crippen MR) is 99.8 cm³/mol. The average molecular weight is 362 g/mol. The first-order chi connectivity index (χ1) is 13.0. The third-order valence-electron chi connectivity index (χ3n) is 3.95. The molecule has 0 amide bonds. The van der Waals surface area contributed by atoms with Gasteiger partial charge < -0.3 is 14.6 Å². The highest BCUT2D eigenvalue weighted by Crippen LogP contribution is 2.28. The second-order valence-corrected chi connectivity index (χ2v) is 5.89. The minimum Gasteiger partial charge on any atom is -0.508 e. The molecule has 0 aliphatic rings. The van der Waals surface area contributed by atoms with Gasteiger partial charge in [0.2, 0.25) is 0 Å². The lowest BCUT2D eigenvalue weighted by Gasteiger charge is -2.15. The van der Waals surface area contributed by atoms with E-state index >= 15 is 0 Å². The summed E-state index contributed by atoms with van der Waals surface area (Å²) in [4.78, 5) is 24.9. The monoisotopic (exact) mass is 362 g/mol. The highest BCUT2D eigenvalue weighted by molar-refractivity contribution is 5.96. The molecular formula is C22H18O5. The van der Waals surface area contributed by atoms with Gasteiger partial charge in [0.1, 0.15) is 23.2 Å². The molecule has 1 N–H and O–H groups in total. The Bertz CT molecular complexity index is 935. The standard InChI is InChI=1S/C22H18O5/c1-15(16-8-4-2-5-9-16)26-22(25)19-13-12-18(23)14-20(19)27-21(24)17-10-6-3-7-11-17/h2-15,23H,1H3. The first-order valence-electron chi connectivity index (χ1n) is 8.41. The van der Waals surface area contributed by atoms with E-state index in [9.17, 15) is 14.7 Å². The van der Waals surface area contributed by atoms with E-state index in [0.29, 0.717) is 5.56 Å². The van der Waals surface area contributed by atoms with Crippen molar-refractivity contribution in [1.82, 2.24) is 0 Å². The number of carbonyl (C=O) groups is 2. The molecule has 5 nitrogen and oxygen atoms in total. The van der Waals surface area contributed by atoms with Gasteiger partial charge in [-0.15, -0.1) is 0 Å². The van der Waals surface area contributed by atoms with E-state index in [0.717, 1.165) is 5.56 Å². The van der Waals surface area contributed by atoms with Crippen LogP contribution in [-0.4, -0.2) is 17.0 Å². The van der Waals surface area contributed by atoms with Gasteiger partial charge >= 0.3 is 11.9 Å². The van der Waals surface area contributed by atoms with Crippen LogP contribution in [-0.2, 0) is 4.74 Å². The minimum absolute atomic E-state index is 0.0554. The van der Waals surface area contributed by atoms with Crippen molar-refractivity contribution in [3.63, 3.8) is 0 Å². The molecule has 5 heteroatoms. The summed E-state index contributed by atoms with van der Waals surface area (Å²) in [5.74, 6) is -1.47. The van der Waals surface area contributed by atoms with E-state index in [1.54, 1.807) is 37.3 Å². The summed E-state index contributed by atoms with van der Waals surface area (Å²) >= 11 is 0. The number of ether oxygens (including phenoxy) is 2. The number of aromatic hydroxyl groups is 1. The Morgan fingerprint density at radius 2 is 1.48 bits per heavy atom. The zero-order chi connectivity index (χ0) is 19.2. The van der Waals surface area contributed by atoms with Gasteiger partial charge in [-0.3, -0.25) is 0 Å². The Balaban J connectivity index is 1.81. The minimum atomic E-state index is -0.651. The highest BCUT2D eigenvalue weighted by atomic mass is 16.6. The van der Waals surface area contributed by atoms with Crippen molar-refractivity contribution in [1.29, 1.82) is 0 Å². The van der Waals surface area contributed by atoms with Crippen LogP contribution < -0.4 is 4.74 Å². The van der Waals surface area contributed by atoms with Crippen LogP contribution in [0.5, 0.6) is 11.5 Å². The van der Waals surface area contributed by atoms with Gasteiger partial charge in [0.15, 0.2) is 0 Å². The lowest BCUT2D eigenvalue weighted by Crippen LogP contribution is -2.14. The summed E-state index contributed by atoms with van der Waals surface area (Å²) in [5, 5.41) is 9.72. The van der Waals surface area contributed by atoms with Crippen LogP contribution >= 0.6 is 0 Å². The van der Waals surface area contributed by atoms with Gasteiger partial charge in [-0.05, 0) is 36.8 Å². The predicted octanol–water partition coefficient (Wildman–Crippen LogP) is 4.53. The Morgan fingerprint density at radius 3 is 2.15 bits per heavy atom. The van der Waals surface area contributed by atoms with Crippen LogP contribution in [0.15, 0.2) is 78.9 Å². The van der Waals surface area contributed by atoms with Crippen molar-refractivity contribution in [3.8, 4) is 11.5 Å². The maximum absolute atomic E-state index is 12.6. The molecule has 0 radical (unpaired) electrons. The quantitative estimate of drug-likeness (QED) is 0.533. The third kappa shape index (κ3) is 4.52. The molecule has 3 aromatic carbocycles. The number of hydrogen-bond acceptors (Lipinski definition) is 5. The van der Waals surface area contributed by atoms with Gasteiger partial charge in [0.05, 0.1) is 5.56 Å². The topological polar surface area (TPSA) is 72.8 Å². The van der Waals surface area contributed by atoms with Crippen molar-refractivity contribution in [2.45, 2.75) is 13.0 Å². The molecule has 0 aliphatic carbocycles. The third-order valence-corrected chi connectivity index (χ3v) is 3.95. The summed E-state index contributed by atoms with van der Waals surface area (Å²) in [6, 6.07) is 21.6. The van der Waals surface area contributed by atoms with Crippen molar-refractivity contribution in [2.75, 3.05) is 0 Å². The van der Waals surface area contributed by atoms with Crippen LogP contribution in [0.1, 0.15) is 39.3 Å². The van der Waals surface area contributed by atoms with Crippen molar-refractivity contribution in [3.05, 3.63) is 95.6 Å². The summed E-state index contributed by atoms with van der Waals surface area (Å²) in [5.41, 5.74) is 1.23. The fourth-order valence-corrected chi connectivity index (χ4v) is 2.51. The molecule has 0 saturated heterocycles. The van der Waals surface area contributed by atoms with Crippen molar-refractivity contribution >= 4 is 11.9 Å². The molecule has 0 saturated carbocycles. The lowest BCUT2D eigenvalue weighted by molar-refractivity contribution is 0.0334. The van der Waals surface area contributed by atoms with E-state index in [1.165, 1.54) is 18.2 Å². The number of phenolic OH excluding ortho intramolecular Hbond substituents is 1. The summed E-state index contributed by atoms with van der Waals surface area (Å²) in [6.45, 7) is 1.75. The van der Waals surface area contributed by atoms with Crippen LogP contribution in [0.4, 0.5) is 0 Å². The van der Waals surface area contributed by atoms with E-state index in [-0.39, 0.29) is 17.1 Å². The molecule has 0 spiro atoms. The smallest absolute Gasteiger partial charge is 0.343 e. The number of hydrogen-bond donors (Lipinski definition) is 1. The van der Waals surface area contributed by atoms with Crippen molar-refractivity contribution < 1.29 is 24.2 Å². The van der Waals surface area contributed by atoms with Gasteiger partial charge in [0.25, 0.3) is 0 Å². The van der Waals surface area contributed by atoms with E-state index in [1.807, 2.05) is 30.3 Å². The molecule has 0 aromatic heterocycles. The number of carbonyl (C=O) groups excluding carboxylic acids is 2. The Kier molecular flexibility index (Phi) is 5.52. The second kappa shape index (κ2) is 8.19. The van der Waals surface area contributed by atoms with Gasteiger partial charge in [-0.25, -0.2) is 9.59 Å².